The Morgan fingerprint density at radius 3 is 2.76 bits per heavy atom. The van der Waals surface area contributed by atoms with Crippen LogP contribution in [0.1, 0.15) is 41.2 Å². The molecule has 1 fully saturated rings. The van der Waals surface area contributed by atoms with Gasteiger partial charge >= 0.3 is 0 Å². The van der Waals surface area contributed by atoms with Gasteiger partial charge in [-0.1, -0.05) is 30.3 Å². The van der Waals surface area contributed by atoms with E-state index in [2.05, 4.69) is 43.6 Å². The summed E-state index contributed by atoms with van der Waals surface area (Å²) in [6.45, 7) is 0. The van der Waals surface area contributed by atoms with E-state index in [0.29, 0.717) is 22.2 Å². The number of nitrogens with zero attached hydrogens (tertiary/aromatic N) is 3. The second-order valence-corrected chi connectivity index (χ2v) is 6.49. The molecule has 2 aromatic heterocycles. The molecule has 7 heteroatoms. The first-order valence-corrected chi connectivity index (χ1v) is 8.54. The van der Waals surface area contributed by atoms with Crippen molar-refractivity contribution in [3.8, 4) is 6.07 Å². The quantitative estimate of drug-likeness (QED) is 0.502. The third-order valence-corrected chi connectivity index (χ3v) is 4.46. The summed E-state index contributed by atoms with van der Waals surface area (Å²) in [5.41, 5.74) is 4.19. The van der Waals surface area contributed by atoms with Crippen molar-refractivity contribution in [2.75, 3.05) is 5.43 Å². The molecule has 0 saturated heterocycles. The Balaban J connectivity index is 1.47. The lowest BCUT2D eigenvalue weighted by Crippen LogP contribution is -1.90. The predicted molar refractivity (Wildman–Crippen MR) is 95.4 cm³/mol. The van der Waals surface area contributed by atoms with Gasteiger partial charge in [0.1, 0.15) is 11.8 Å². The van der Waals surface area contributed by atoms with Crippen LogP contribution >= 0.6 is 15.9 Å². The molecule has 4 rings (SSSR count). The number of rotatable bonds is 5. The van der Waals surface area contributed by atoms with Gasteiger partial charge in [0.2, 0.25) is 11.6 Å². The number of nitriles is 1. The Hall–Kier alpha value is -2.85. The van der Waals surface area contributed by atoms with Crippen LogP contribution in [0.4, 0.5) is 5.88 Å². The summed E-state index contributed by atoms with van der Waals surface area (Å²) in [5, 5.41) is 13.3. The van der Waals surface area contributed by atoms with Gasteiger partial charge in [-0.15, -0.1) is 0 Å². The Labute approximate surface area is 152 Å². The van der Waals surface area contributed by atoms with E-state index in [1.807, 2.05) is 24.3 Å². The van der Waals surface area contributed by atoms with Crippen LogP contribution in [0.2, 0.25) is 0 Å². The van der Waals surface area contributed by atoms with Gasteiger partial charge in [-0.3, -0.25) is 0 Å². The van der Waals surface area contributed by atoms with E-state index in [4.69, 9.17) is 8.83 Å². The van der Waals surface area contributed by atoms with Gasteiger partial charge in [-0.2, -0.15) is 10.4 Å². The molecule has 0 bridgehead atoms. The Morgan fingerprint density at radius 2 is 2.04 bits per heavy atom. The lowest BCUT2D eigenvalue weighted by atomic mass is 10.1. The van der Waals surface area contributed by atoms with E-state index < -0.39 is 0 Å². The minimum Gasteiger partial charge on any atom is -0.448 e. The molecule has 1 saturated carbocycles. The van der Waals surface area contributed by atoms with Crippen LogP contribution in [-0.2, 0) is 0 Å². The molecule has 2 heterocycles. The molecule has 25 heavy (non-hydrogen) atoms. The number of hydrogen-bond acceptors (Lipinski definition) is 6. The van der Waals surface area contributed by atoms with Gasteiger partial charge in [0.25, 0.3) is 5.88 Å². The van der Waals surface area contributed by atoms with E-state index >= 15 is 0 Å². The third-order valence-electron chi connectivity index (χ3n) is 4.04. The summed E-state index contributed by atoms with van der Waals surface area (Å²) in [5.74, 6) is 1.99. The van der Waals surface area contributed by atoms with Crippen molar-refractivity contribution in [3.63, 3.8) is 0 Å². The molecule has 6 nitrogen and oxygen atoms in total. The highest BCUT2D eigenvalue weighted by Crippen LogP contribution is 2.54. The third kappa shape index (κ3) is 3.35. The van der Waals surface area contributed by atoms with E-state index in [9.17, 15) is 5.26 Å². The maximum absolute atomic E-state index is 9.25. The van der Waals surface area contributed by atoms with Crippen LogP contribution in [-0.4, -0.2) is 11.2 Å². The molecule has 1 N–H and O–H groups in total. The summed E-state index contributed by atoms with van der Waals surface area (Å²) in [7, 11) is 0. The summed E-state index contributed by atoms with van der Waals surface area (Å²) in [4.78, 5) is 4.30. The molecular formula is C18H13BrN4O2. The van der Waals surface area contributed by atoms with Crippen LogP contribution in [0, 0.1) is 11.3 Å². The van der Waals surface area contributed by atoms with Crippen LogP contribution in [0.3, 0.4) is 0 Å². The van der Waals surface area contributed by atoms with Gasteiger partial charge in [-0.05, 0) is 46.0 Å². The van der Waals surface area contributed by atoms with Crippen molar-refractivity contribution in [1.29, 1.82) is 5.26 Å². The largest absolute Gasteiger partial charge is 0.448 e. The summed E-state index contributed by atoms with van der Waals surface area (Å²) in [6, 6.07) is 15.8. The van der Waals surface area contributed by atoms with E-state index in [-0.39, 0.29) is 17.5 Å². The topological polar surface area (TPSA) is 87.4 Å². The number of oxazole rings is 1. The molecule has 0 unspecified atom stereocenters. The Morgan fingerprint density at radius 1 is 1.20 bits per heavy atom. The van der Waals surface area contributed by atoms with Gasteiger partial charge in [0.15, 0.2) is 4.67 Å². The van der Waals surface area contributed by atoms with Crippen LogP contribution in [0.5, 0.6) is 0 Å². The maximum atomic E-state index is 9.25. The summed E-state index contributed by atoms with van der Waals surface area (Å²) in [6.07, 6.45) is 2.47. The number of furan rings is 1. The number of nitrogens with one attached hydrogen (secondary N) is 1. The molecular weight excluding hydrogens is 384 g/mol. The zero-order valence-electron chi connectivity index (χ0n) is 13.0. The van der Waals surface area contributed by atoms with Crippen LogP contribution < -0.4 is 5.43 Å². The molecule has 0 radical (unpaired) electrons. The number of hydrogen-bond donors (Lipinski definition) is 1. The van der Waals surface area contributed by atoms with Gasteiger partial charge in [0.05, 0.1) is 6.21 Å². The fourth-order valence-corrected chi connectivity index (χ4v) is 3.05. The van der Waals surface area contributed by atoms with Crippen LogP contribution in [0.25, 0.3) is 0 Å². The Bertz CT molecular complexity index is 955. The average Bonchev–Trinajstić information content (AvgIpc) is 3.17. The smallest absolute Gasteiger partial charge is 0.252 e. The van der Waals surface area contributed by atoms with Gasteiger partial charge < -0.3 is 8.83 Å². The van der Waals surface area contributed by atoms with Gasteiger partial charge in [-0.25, -0.2) is 10.4 Å². The lowest BCUT2D eigenvalue weighted by Gasteiger charge is -1.97. The molecule has 0 aliphatic heterocycles. The van der Waals surface area contributed by atoms with E-state index in [1.54, 1.807) is 12.1 Å². The van der Waals surface area contributed by atoms with Gasteiger partial charge in [0, 0.05) is 5.92 Å². The molecule has 0 spiro atoms. The van der Waals surface area contributed by atoms with Crippen molar-refractivity contribution < 1.29 is 8.83 Å². The highest BCUT2D eigenvalue weighted by atomic mass is 79.9. The zero-order chi connectivity index (χ0) is 17.2. The minimum absolute atomic E-state index is 0.200. The molecule has 2 atom stereocenters. The normalized spacial score (nSPS) is 19.0. The highest BCUT2D eigenvalue weighted by molar-refractivity contribution is 9.10. The SMILES string of the molecule is N#Cc1nc([C@@H]2C[C@@H]2c2ccccc2)oc1N/N=C\c1ccc(Br)o1. The highest BCUT2D eigenvalue weighted by Gasteiger charge is 2.43. The Kier molecular flexibility index (Phi) is 4.12. The standard InChI is InChI=1S/C18H13BrN4O2/c19-16-7-6-12(24-16)10-21-23-18-15(9-20)22-17(25-18)14-8-13(14)11-4-2-1-3-5-11/h1-7,10,13-14,23H,8H2/b21-10-/t13-,14-/m1/s1. The lowest BCUT2D eigenvalue weighted by molar-refractivity contribution is 0.506. The second kappa shape index (κ2) is 6.57. The van der Waals surface area contributed by atoms with Crippen molar-refractivity contribution >= 4 is 28.0 Å². The molecule has 3 aromatic rings. The first kappa shape index (κ1) is 15.7. The first-order valence-electron chi connectivity index (χ1n) is 7.75. The molecule has 0 amide bonds. The monoisotopic (exact) mass is 396 g/mol. The summed E-state index contributed by atoms with van der Waals surface area (Å²) < 4.78 is 11.7. The molecule has 1 aliphatic rings. The number of aromatic nitrogens is 1. The fraction of sp³-hybridized carbons (Fsp3) is 0.167. The number of halogens is 1. The van der Waals surface area contributed by atoms with Crippen molar-refractivity contribution in [2.24, 2.45) is 5.10 Å². The fourth-order valence-electron chi connectivity index (χ4n) is 2.74. The minimum atomic E-state index is 0.200. The first-order chi connectivity index (χ1) is 12.2. The van der Waals surface area contributed by atoms with Crippen LogP contribution in [0.15, 0.2) is 61.1 Å². The molecule has 1 aliphatic carbocycles. The van der Waals surface area contributed by atoms with Crippen molar-refractivity contribution in [2.45, 2.75) is 18.3 Å². The summed E-state index contributed by atoms with van der Waals surface area (Å²) >= 11 is 3.22. The van der Waals surface area contributed by atoms with E-state index in [0.717, 1.165) is 6.42 Å². The second-order valence-electron chi connectivity index (χ2n) is 5.71. The number of benzene rings is 1. The molecule has 1 aromatic carbocycles. The maximum Gasteiger partial charge on any atom is 0.252 e. The average molecular weight is 397 g/mol. The molecule has 124 valence electrons. The number of hydrazone groups is 1. The van der Waals surface area contributed by atoms with Crippen molar-refractivity contribution in [3.05, 3.63) is 70.0 Å². The van der Waals surface area contributed by atoms with Crippen molar-refractivity contribution in [1.82, 2.24) is 4.98 Å². The zero-order valence-corrected chi connectivity index (χ0v) is 14.6. The predicted octanol–water partition coefficient (Wildman–Crippen LogP) is 4.62. The van der Waals surface area contributed by atoms with E-state index in [1.165, 1.54) is 11.8 Å². The number of anilines is 1.